The summed E-state index contributed by atoms with van der Waals surface area (Å²) < 4.78 is 18.0. The molecule has 1 aliphatic carbocycles. The van der Waals surface area contributed by atoms with Gasteiger partial charge < -0.3 is 9.84 Å². The van der Waals surface area contributed by atoms with Crippen molar-refractivity contribution >= 4 is 11.6 Å². The second kappa shape index (κ2) is 4.84. The number of carbonyl (C=O) groups excluding carboxylic acids is 1. The highest BCUT2D eigenvalue weighted by Gasteiger charge is 2.23. The fraction of sp³-hybridized carbons (Fsp3) is 0.286. The number of hydrogen-bond donors (Lipinski definition) is 1. The van der Waals surface area contributed by atoms with E-state index in [0.717, 1.165) is 37.0 Å². The van der Waals surface area contributed by atoms with E-state index in [0.29, 0.717) is 11.4 Å². The fourth-order valence-electron chi connectivity index (χ4n) is 2.29. The fourth-order valence-corrected chi connectivity index (χ4v) is 2.29. The Hall–Kier alpha value is -2.17. The molecule has 0 aliphatic heterocycles. The van der Waals surface area contributed by atoms with E-state index in [1.54, 1.807) is 0 Å². The molecule has 98 valence electrons. The van der Waals surface area contributed by atoms with Crippen molar-refractivity contribution in [1.82, 2.24) is 5.16 Å². The van der Waals surface area contributed by atoms with Crippen LogP contribution in [0.5, 0.6) is 0 Å². The van der Waals surface area contributed by atoms with Crippen LogP contribution < -0.4 is 5.32 Å². The number of amides is 1. The molecule has 5 heteroatoms. The molecule has 1 aromatic carbocycles. The number of anilines is 1. The third-order valence-corrected chi connectivity index (χ3v) is 3.27. The minimum atomic E-state index is -0.336. The molecular weight excluding hydrogens is 247 g/mol. The van der Waals surface area contributed by atoms with Gasteiger partial charge in [0.2, 0.25) is 0 Å². The Kier molecular flexibility index (Phi) is 3.03. The number of rotatable bonds is 2. The maximum atomic E-state index is 12.8. The topological polar surface area (TPSA) is 55.1 Å². The molecule has 1 N–H and O–H groups in total. The van der Waals surface area contributed by atoms with E-state index in [9.17, 15) is 9.18 Å². The molecule has 4 nitrogen and oxygen atoms in total. The van der Waals surface area contributed by atoms with Crippen LogP contribution in [0.1, 0.15) is 34.7 Å². The second-order valence-corrected chi connectivity index (χ2v) is 4.60. The quantitative estimate of drug-likeness (QED) is 0.903. The van der Waals surface area contributed by atoms with Crippen LogP contribution in [-0.4, -0.2) is 11.1 Å². The lowest BCUT2D eigenvalue weighted by Crippen LogP contribution is -2.15. The Morgan fingerprint density at radius 2 is 1.95 bits per heavy atom. The maximum Gasteiger partial charge on any atom is 0.278 e. The standard InChI is InChI=1S/C14H13FN2O2/c15-9-5-7-10(8-6-9)16-14(18)13-11-3-1-2-4-12(11)19-17-13/h5-8H,1-4H2,(H,16,18). The van der Waals surface area contributed by atoms with Crippen LogP contribution in [0.2, 0.25) is 0 Å². The molecule has 1 heterocycles. The zero-order valence-corrected chi connectivity index (χ0v) is 10.3. The summed E-state index contributed by atoms with van der Waals surface area (Å²) in [6, 6.07) is 5.63. The molecule has 0 radical (unpaired) electrons. The van der Waals surface area contributed by atoms with Gasteiger partial charge in [0.05, 0.1) is 0 Å². The molecule has 3 rings (SSSR count). The molecule has 0 bridgehead atoms. The van der Waals surface area contributed by atoms with E-state index >= 15 is 0 Å². The first-order valence-corrected chi connectivity index (χ1v) is 6.28. The average molecular weight is 260 g/mol. The summed E-state index contributed by atoms with van der Waals surface area (Å²) in [5.74, 6) is 0.172. The highest BCUT2D eigenvalue weighted by Crippen LogP contribution is 2.24. The molecule has 1 aliphatic rings. The largest absolute Gasteiger partial charge is 0.360 e. The molecule has 1 amide bonds. The molecule has 2 aromatic rings. The molecule has 0 saturated carbocycles. The van der Waals surface area contributed by atoms with E-state index in [2.05, 4.69) is 10.5 Å². The van der Waals surface area contributed by atoms with E-state index in [-0.39, 0.29) is 11.7 Å². The number of carbonyl (C=O) groups is 1. The number of aromatic nitrogens is 1. The first-order chi connectivity index (χ1) is 9.24. The third-order valence-electron chi connectivity index (χ3n) is 3.27. The molecule has 0 atom stereocenters. The predicted molar refractivity (Wildman–Crippen MR) is 67.5 cm³/mol. The maximum absolute atomic E-state index is 12.8. The van der Waals surface area contributed by atoms with Gasteiger partial charge in [0.15, 0.2) is 5.69 Å². The van der Waals surface area contributed by atoms with E-state index in [4.69, 9.17) is 4.52 Å². The third kappa shape index (κ3) is 2.36. The first-order valence-electron chi connectivity index (χ1n) is 6.28. The number of benzene rings is 1. The Morgan fingerprint density at radius 3 is 2.74 bits per heavy atom. The van der Waals surface area contributed by atoms with Crippen LogP contribution in [0.15, 0.2) is 28.8 Å². The van der Waals surface area contributed by atoms with Gasteiger partial charge in [-0.3, -0.25) is 4.79 Å². The summed E-state index contributed by atoms with van der Waals surface area (Å²) in [6.07, 6.45) is 3.78. The van der Waals surface area contributed by atoms with Crippen LogP contribution in [0.3, 0.4) is 0 Å². The molecule has 1 aromatic heterocycles. The summed E-state index contributed by atoms with van der Waals surface area (Å²) in [4.78, 5) is 12.1. The van der Waals surface area contributed by atoms with Gasteiger partial charge >= 0.3 is 0 Å². The Balaban J connectivity index is 1.80. The highest BCUT2D eigenvalue weighted by atomic mass is 19.1. The second-order valence-electron chi connectivity index (χ2n) is 4.60. The Labute approximate surface area is 109 Å². The average Bonchev–Trinajstić information content (AvgIpc) is 2.85. The minimum Gasteiger partial charge on any atom is -0.360 e. The van der Waals surface area contributed by atoms with E-state index in [1.807, 2.05) is 0 Å². The van der Waals surface area contributed by atoms with Crippen LogP contribution in [0.4, 0.5) is 10.1 Å². The van der Waals surface area contributed by atoms with Gasteiger partial charge in [0.1, 0.15) is 11.6 Å². The number of nitrogens with zero attached hydrogens (tertiary/aromatic N) is 1. The lowest BCUT2D eigenvalue weighted by molar-refractivity contribution is 0.101. The summed E-state index contributed by atoms with van der Waals surface area (Å²) in [7, 11) is 0. The van der Waals surface area contributed by atoms with Crippen LogP contribution in [0, 0.1) is 5.82 Å². The van der Waals surface area contributed by atoms with Gasteiger partial charge in [-0.25, -0.2) is 4.39 Å². The zero-order chi connectivity index (χ0) is 13.2. The molecule has 0 unspecified atom stereocenters. The van der Waals surface area contributed by atoms with Gasteiger partial charge in [0.25, 0.3) is 5.91 Å². The number of nitrogens with one attached hydrogen (secondary N) is 1. The van der Waals surface area contributed by atoms with Gasteiger partial charge in [0, 0.05) is 17.7 Å². The number of halogens is 1. The van der Waals surface area contributed by atoms with Crippen molar-refractivity contribution in [2.24, 2.45) is 0 Å². The molecule has 0 spiro atoms. The number of hydrogen-bond acceptors (Lipinski definition) is 3. The van der Waals surface area contributed by atoms with Crippen molar-refractivity contribution in [3.8, 4) is 0 Å². The zero-order valence-electron chi connectivity index (χ0n) is 10.3. The lowest BCUT2D eigenvalue weighted by atomic mass is 9.96. The normalized spacial score (nSPS) is 13.9. The summed E-state index contributed by atoms with van der Waals surface area (Å²) >= 11 is 0. The van der Waals surface area contributed by atoms with Crippen molar-refractivity contribution in [1.29, 1.82) is 0 Å². The SMILES string of the molecule is O=C(Nc1ccc(F)cc1)c1noc2c1CCCC2. The molecular formula is C14H13FN2O2. The summed E-state index contributed by atoms with van der Waals surface area (Å²) in [5, 5.41) is 6.54. The van der Waals surface area contributed by atoms with Gasteiger partial charge in [-0.05, 0) is 43.5 Å². The van der Waals surface area contributed by atoms with Gasteiger partial charge in [-0.15, -0.1) is 0 Å². The van der Waals surface area contributed by atoms with Crippen molar-refractivity contribution in [3.63, 3.8) is 0 Å². The Morgan fingerprint density at radius 1 is 1.21 bits per heavy atom. The summed E-state index contributed by atoms with van der Waals surface area (Å²) in [5.41, 5.74) is 1.80. The van der Waals surface area contributed by atoms with Gasteiger partial charge in [-0.1, -0.05) is 5.16 Å². The highest BCUT2D eigenvalue weighted by molar-refractivity contribution is 6.03. The number of fused-ring (bicyclic) bond motifs is 1. The van der Waals surface area contributed by atoms with Crippen LogP contribution >= 0.6 is 0 Å². The van der Waals surface area contributed by atoms with Crippen molar-refractivity contribution < 1.29 is 13.7 Å². The summed E-state index contributed by atoms with van der Waals surface area (Å²) in [6.45, 7) is 0. The lowest BCUT2D eigenvalue weighted by Gasteiger charge is -2.09. The molecule has 19 heavy (non-hydrogen) atoms. The first kappa shape index (κ1) is 11.9. The Bertz CT molecular complexity index is 604. The van der Waals surface area contributed by atoms with Crippen molar-refractivity contribution in [2.75, 3.05) is 5.32 Å². The van der Waals surface area contributed by atoms with Crippen molar-refractivity contribution in [3.05, 3.63) is 47.1 Å². The van der Waals surface area contributed by atoms with E-state index in [1.165, 1.54) is 24.3 Å². The molecule has 0 fully saturated rings. The van der Waals surface area contributed by atoms with E-state index < -0.39 is 0 Å². The minimum absolute atomic E-state index is 0.307. The van der Waals surface area contributed by atoms with Gasteiger partial charge in [-0.2, -0.15) is 0 Å². The predicted octanol–water partition coefficient (Wildman–Crippen LogP) is 2.94. The number of aryl methyl sites for hydroxylation is 1. The van der Waals surface area contributed by atoms with Crippen LogP contribution in [-0.2, 0) is 12.8 Å². The molecule has 0 saturated heterocycles. The van der Waals surface area contributed by atoms with Crippen molar-refractivity contribution in [2.45, 2.75) is 25.7 Å². The monoisotopic (exact) mass is 260 g/mol. The van der Waals surface area contributed by atoms with Crippen LogP contribution in [0.25, 0.3) is 0 Å². The smallest absolute Gasteiger partial charge is 0.278 e.